The van der Waals surface area contributed by atoms with Crippen LogP contribution in [0.2, 0.25) is 5.02 Å². The van der Waals surface area contributed by atoms with Gasteiger partial charge in [-0.3, -0.25) is 9.69 Å². The van der Waals surface area contributed by atoms with E-state index in [1.165, 1.54) is 6.07 Å². The first-order valence-electron chi connectivity index (χ1n) is 17.8. The Morgan fingerprint density at radius 1 is 1.06 bits per heavy atom. The van der Waals surface area contributed by atoms with Crippen molar-refractivity contribution in [3.63, 3.8) is 0 Å². The topological polar surface area (TPSA) is 108 Å². The van der Waals surface area contributed by atoms with Crippen LogP contribution in [0.1, 0.15) is 57.1 Å². The molecule has 0 radical (unpaired) electrons. The zero-order valence-electron chi connectivity index (χ0n) is 28.7. The van der Waals surface area contributed by atoms with Crippen LogP contribution < -0.4 is 14.4 Å². The average molecular weight is 712 g/mol. The van der Waals surface area contributed by atoms with Gasteiger partial charge < -0.3 is 19.5 Å². The van der Waals surface area contributed by atoms with Gasteiger partial charge in [-0.15, -0.1) is 0 Å². The molecule has 9 nitrogen and oxygen atoms in total. The Kier molecular flexibility index (Phi) is 11.4. The number of nitrogens with zero attached hydrogens (tertiary/aromatic N) is 2. The molecule has 2 aromatic rings. The van der Waals surface area contributed by atoms with Crippen LogP contribution in [0.15, 0.2) is 65.6 Å². The quantitative estimate of drug-likeness (QED) is 0.388. The minimum absolute atomic E-state index is 0.0190. The zero-order chi connectivity index (χ0) is 34.6. The average Bonchev–Trinajstić information content (AvgIpc) is 3.09. The number of halogens is 1. The maximum atomic E-state index is 13.6. The van der Waals surface area contributed by atoms with Crippen LogP contribution in [-0.2, 0) is 32.6 Å². The smallest absolute Gasteiger partial charge is 0.264 e. The van der Waals surface area contributed by atoms with Gasteiger partial charge in [-0.2, -0.15) is 0 Å². The Labute approximate surface area is 296 Å². The molecule has 1 saturated carbocycles. The van der Waals surface area contributed by atoms with Crippen LogP contribution in [0, 0.1) is 23.7 Å². The van der Waals surface area contributed by atoms with E-state index in [-0.39, 0.29) is 22.6 Å². The number of hydrogen-bond donors (Lipinski definition) is 2. The number of ether oxygens (including phenoxy) is 2. The number of anilines is 1. The summed E-state index contributed by atoms with van der Waals surface area (Å²) in [6.07, 6.45) is 12.9. The molecule has 2 fully saturated rings. The number of sulfonamides is 1. The second-order valence-electron chi connectivity index (χ2n) is 14.3. The van der Waals surface area contributed by atoms with Crippen molar-refractivity contribution in [1.29, 1.82) is 0 Å². The molecule has 0 aromatic heterocycles. The number of nitrogens with one attached hydrogen (secondary N) is 1. The molecule has 6 rings (SSSR count). The van der Waals surface area contributed by atoms with Gasteiger partial charge in [0.05, 0.1) is 23.8 Å². The molecule has 4 aliphatic rings. The lowest BCUT2D eigenvalue weighted by molar-refractivity contribution is -0.124. The number of allylic oxidation sites excluding steroid dienone is 1. The highest BCUT2D eigenvalue weighted by atomic mass is 35.5. The summed E-state index contributed by atoms with van der Waals surface area (Å²) in [5.41, 5.74) is 1.72. The number of hydrogen-bond acceptors (Lipinski definition) is 8. The van der Waals surface area contributed by atoms with Gasteiger partial charge in [0.1, 0.15) is 18.0 Å². The molecule has 1 aliphatic carbocycles. The molecule has 3 aliphatic heterocycles. The third-order valence-corrected chi connectivity index (χ3v) is 12.5. The summed E-state index contributed by atoms with van der Waals surface area (Å²) < 4.78 is 41.6. The predicted octanol–water partition coefficient (Wildman–Crippen LogP) is 5.74. The van der Waals surface area contributed by atoms with E-state index < -0.39 is 27.4 Å². The molecule has 2 bridgehead atoms. The van der Waals surface area contributed by atoms with Crippen molar-refractivity contribution >= 4 is 33.2 Å². The minimum atomic E-state index is -4.14. The molecular weight excluding hydrogens is 662 g/mol. The molecule has 3 heterocycles. The number of morpholine rings is 1. The maximum absolute atomic E-state index is 13.6. The van der Waals surface area contributed by atoms with Gasteiger partial charge in [-0.1, -0.05) is 55.8 Å². The first-order chi connectivity index (χ1) is 23.5. The summed E-state index contributed by atoms with van der Waals surface area (Å²) >= 11 is 6.36. The molecule has 1 amide bonds. The summed E-state index contributed by atoms with van der Waals surface area (Å²) in [4.78, 5) is 17.9. The molecular formula is C38H50ClN3O6S. The summed E-state index contributed by atoms with van der Waals surface area (Å²) in [6.45, 7) is 9.24. The fraction of sp³-hybridized carbons (Fsp3) is 0.553. The standard InChI is InChI=1S/C38H50ClN3O6S/c1-27-7-5-15-38(44,16-6-17-41-19-21-47-22-20-41)34-13-10-30(34)25-42-18-4-3-8-29-23-32(39)11-9-31(29)26-48-36-14-12-33(24-35(36)42)49(45,46)40-37(43)28(27)2/h5-6,9,11-12,14-16,23-24,27-28,30,34,44H,3-4,7-8,10,13,17-22,25-26H2,1-2H3,(H,40,43)/b15-5+,16-6+/t27-,28+,30-,34+,38+/m0/s1. The van der Waals surface area contributed by atoms with E-state index in [0.717, 1.165) is 76.1 Å². The molecule has 5 atom stereocenters. The van der Waals surface area contributed by atoms with E-state index >= 15 is 0 Å². The highest BCUT2D eigenvalue weighted by Crippen LogP contribution is 2.45. The number of rotatable bonds is 3. The number of fused-ring (bicyclic) bond motifs is 3. The lowest BCUT2D eigenvalue weighted by atomic mass is 9.64. The van der Waals surface area contributed by atoms with Gasteiger partial charge >= 0.3 is 0 Å². The molecule has 0 unspecified atom stereocenters. The minimum Gasteiger partial charge on any atom is -0.487 e. The molecule has 1 saturated heterocycles. The number of carbonyl (C=O) groups excluding carboxylic acids is 1. The molecule has 266 valence electrons. The third-order valence-electron chi connectivity index (χ3n) is 11.0. The fourth-order valence-corrected chi connectivity index (χ4v) is 8.74. The normalized spacial score (nSPS) is 30.5. The van der Waals surface area contributed by atoms with Crippen LogP contribution in [0.25, 0.3) is 0 Å². The van der Waals surface area contributed by atoms with Crippen LogP contribution in [0.4, 0.5) is 5.69 Å². The van der Waals surface area contributed by atoms with Crippen LogP contribution in [0.5, 0.6) is 5.75 Å². The van der Waals surface area contributed by atoms with Crippen molar-refractivity contribution in [2.75, 3.05) is 50.8 Å². The van der Waals surface area contributed by atoms with Crippen LogP contribution >= 0.6 is 11.6 Å². The second-order valence-corrected chi connectivity index (χ2v) is 16.4. The van der Waals surface area contributed by atoms with Gasteiger partial charge in [-0.05, 0) is 97.7 Å². The Hall–Kier alpha value is -2.89. The Morgan fingerprint density at radius 2 is 1.88 bits per heavy atom. The summed E-state index contributed by atoms with van der Waals surface area (Å²) in [6, 6.07) is 10.7. The Balaban J connectivity index is 1.37. The Bertz CT molecular complexity index is 1660. The molecule has 2 aromatic carbocycles. The predicted molar refractivity (Wildman–Crippen MR) is 192 cm³/mol. The molecule has 11 heteroatoms. The number of amides is 1. The summed E-state index contributed by atoms with van der Waals surface area (Å²) in [7, 11) is -4.14. The van der Waals surface area contributed by atoms with Crippen molar-refractivity contribution < 1.29 is 27.8 Å². The molecule has 2 N–H and O–H groups in total. The van der Waals surface area contributed by atoms with Crippen molar-refractivity contribution in [3.05, 3.63) is 76.9 Å². The van der Waals surface area contributed by atoms with Crippen molar-refractivity contribution in [2.24, 2.45) is 23.7 Å². The monoisotopic (exact) mass is 711 g/mol. The first-order valence-corrected chi connectivity index (χ1v) is 19.6. The molecule has 0 spiro atoms. The van der Waals surface area contributed by atoms with Crippen LogP contribution in [-0.4, -0.2) is 75.9 Å². The summed E-state index contributed by atoms with van der Waals surface area (Å²) in [5.74, 6) is -0.537. The third kappa shape index (κ3) is 8.53. The van der Waals surface area contributed by atoms with Gasteiger partial charge in [0.15, 0.2) is 0 Å². The van der Waals surface area contributed by atoms with E-state index in [9.17, 15) is 18.3 Å². The zero-order valence-corrected chi connectivity index (χ0v) is 30.2. The number of aliphatic hydroxyl groups is 1. The van der Waals surface area contributed by atoms with Gasteiger partial charge in [0, 0.05) is 43.7 Å². The molecule has 49 heavy (non-hydrogen) atoms. The fourth-order valence-electron chi connectivity index (χ4n) is 7.46. The van der Waals surface area contributed by atoms with E-state index in [0.29, 0.717) is 42.6 Å². The lowest BCUT2D eigenvalue weighted by Crippen LogP contribution is -2.49. The van der Waals surface area contributed by atoms with E-state index in [2.05, 4.69) is 20.6 Å². The van der Waals surface area contributed by atoms with E-state index in [1.807, 2.05) is 43.4 Å². The van der Waals surface area contributed by atoms with Crippen molar-refractivity contribution in [2.45, 2.75) is 69.5 Å². The number of aryl methyl sites for hydroxylation is 1. The van der Waals surface area contributed by atoms with Gasteiger partial charge in [0.2, 0.25) is 5.91 Å². The maximum Gasteiger partial charge on any atom is 0.264 e. The summed E-state index contributed by atoms with van der Waals surface area (Å²) in [5, 5.41) is 13.0. The van der Waals surface area contributed by atoms with Crippen LogP contribution in [0.3, 0.4) is 0 Å². The number of carbonyl (C=O) groups is 1. The highest BCUT2D eigenvalue weighted by Gasteiger charge is 2.44. The van der Waals surface area contributed by atoms with Gasteiger partial charge in [0.25, 0.3) is 10.0 Å². The Morgan fingerprint density at radius 3 is 2.65 bits per heavy atom. The van der Waals surface area contributed by atoms with E-state index in [4.69, 9.17) is 21.1 Å². The largest absolute Gasteiger partial charge is 0.487 e. The highest BCUT2D eigenvalue weighted by molar-refractivity contribution is 7.90. The van der Waals surface area contributed by atoms with Crippen molar-refractivity contribution in [1.82, 2.24) is 9.62 Å². The SMILES string of the molecule is C[C@H]1C/C=C/[C@@](O)(/C=C/CN2CCOCC2)[C@@H]2CC[C@H]2CN2CCCCc3cc(Cl)ccc3COc3ccc(cc32)S(=O)(=O)NC(=O)[C@@H]1C. The first kappa shape index (κ1) is 35.9. The van der Waals surface area contributed by atoms with Gasteiger partial charge in [-0.25, -0.2) is 13.1 Å². The van der Waals surface area contributed by atoms with Crippen molar-refractivity contribution in [3.8, 4) is 5.75 Å². The number of benzene rings is 2. The van der Waals surface area contributed by atoms with E-state index in [1.54, 1.807) is 19.1 Å². The lowest BCUT2D eigenvalue weighted by Gasteiger charge is -2.47. The second kappa shape index (κ2) is 15.6.